The Morgan fingerprint density at radius 3 is 1.73 bits per heavy atom. The van der Waals surface area contributed by atoms with Crippen molar-refractivity contribution in [3.8, 4) is 0 Å². The molecule has 0 amide bonds. The first kappa shape index (κ1) is 25.3. The molecule has 0 aliphatic rings. The summed E-state index contributed by atoms with van der Waals surface area (Å²) in [5, 5.41) is 9.05. The van der Waals surface area contributed by atoms with Crippen LogP contribution in [0, 0.1) is 6.92 Å². The molecule has 0 atom stereocenters. The van der Waals surface area contributed by atoms with E-state index in [9.17, 15) is 0 Å². The third-order valence-corrected chi connectivity index (χ3v) is 2.71. The number of aryl methyl sites for hydroxylation is 1. The molecular weight excluding hydrogens is 330 g/mol. The molecule has 0 fully saturated rings. The number of nitrogens with zero attached hydrogens (tertiary/aromatic N) is 4. The Balaban J connectivity index is 0. The second-order valence-electron chi connectivity index (χ2n) is 4.05. The van der Waals surface area contributed by atoms with Crippen LogP contribution in [0.3, 0.4) is 0 Å². The molecule has 7 nitrogen and oxygen atoms in total. The molecule has 144 valence electrons. The van der Waals surface area contributed by atoms with Gasteiger partial charge in [-0.05, 0) is 31.2 Å². The molecule has 0 saturated carbocycles. The first-order chi connectivity index (χ1) is 11.8. The molecule has 0 aliphatic heterocycles. The molecule has 4 rings (SSSR count). The van der Waals surface area contributed by atoms with E-state index in [0.717, 1.165) is 16.5 Å². The third kappa shape index (κ3) is 6.16. The summed E-state index contributed by atoms with van der Waals surface area (Å²) >= 11 is 0. The van der Waals surface area contributed by atoms with Crippen molar-refractivity contribution in [2.45, 2.75) is 49.5 Å². The molecule has 2 N–H and O–H groups in total. The van der Waals surface area contributed by atoms with Gasteiger partial charge < -0.3 is 14.8 Å². The van der Waals surface area contributed by atoms with E-state index < -0.39 is 0 Å². The van der Waals surface area contributed by atoms with E-state index in [2.05, 4.69) is 20.3 Å². The van der Waals surface area contributed by atoms with E-state index in [1.807, 2.05) is 52.8 Å². The number of aromatic nitrogens is 4. The Morgan fingerprint density at radius 2 is 1.23 bits per heavy atom. The van der Waals surface area contributed by atoms with Crippen LogP contribution in [-0.2, 0) is 0 Å². The highest BCUT2D eigenvalue weighted by molar-refractivity contribution is 5.83. The highest BCUT2D eigenvalue weighted by Crippen LogP contribution is 2.16. The van der Waals surface area contributed by atoms with Gasteiger partial charge in [0.1, 0.15) is 0 Å². The quantitative estimate of drug-likeness (QED) is 0.431. The number of hydrogen-bond donors (Lipinski definition) is 1. The molecule has 4 aromatic rings. The summed E-state index contributed by atoms with van der Waals surface area (Å²) in [6.07, 6.45) is 3.32. The van der Waals surface area contributed by atoms with Crippen molar-refractivity contribution < 1.29 is 9.05 Å². The maximum atomic E-state index is 5.43. The lowest BCUT2D eigenvalue weighted by Gasteiger charge is -1.81. The van der Waals surface area contributed by atoms with Crippen LogP contribution in [0.1, 0.15) is 48.2 Å². The van der Waals surface area contributed by atoms with Crippen LogP contribution >= 0.6 is 0 Å². The van der Waals surface area contributed by atoms with Crippen LogP contribution in [0.25, 0.3) is 22.2 Å². The fourth-order valence-corrected chi connectivity index (χ4v) is 1.70. The largest absolute Gasteiger partial charge is 0.380 e. The minimum atomic E-state index is 0. The van der Waals surface area contributed by atoms with E-state index in [1.165, 1.54) is 0 Å². The molecular formula is C19H31N5O2. The molecule has 0 radical (unpaired) electrons. The zero-order valence-corrected chi connectivity index (χ0v) is 14.6. The van der Waals surface area contributed by atoms with Crippen molar-refractivity contribution in [1.82, 2.24) is 20.3 Å². The van der Waals surface area contributed by atoms with E-state index in [1.54, 1.807) is 18.5 Å². The molecule has 0 bridgehead atoms. The number of fused-ring (bicyclic) bond motifs is 2. The lowest BCUT2D eigenvalue weighted by molar-refractivity contribution is 0.443. The molecule has 0 aliphatic carbocycles. The first-order valence-corrected chi connectivity index (χ1v) is 7.88. The lowest BCUT2D eigenvalue weighted by atomic mass is 10.3. The van der Waals surface area contributed by atoms with Gasteiger partial charge in [0, 0.05) is 12.4 Å². The Bertz CT molecular complexity index is 783. The Labute approximate surface area is 155 Å². The van der Waals surface area contributed by atoms with Gasteiger partial charge in [0.25, 0.3) is 11.4 Å². The number of nitrogens with two attached hydrogens (primary N) is 1. The van der Waals surface area contributed by atoms with Crippen molar-refractivity contribution >= 4 is 28.0 Å². The number of pyridine rings is 2. The van der Waals surface area contributed by atoms with Gasteiger partial charge >= 0.3 is 0 Å². The second-order valence-corrected chi connectivity index (χ2v) is 4.05. The highest BCUT2D eigenvalue weighted by Gasteiger charge is 2.02. The monoisotopic (exact) mass is 361 g/mol. The molecule has 7 heteroatoms. The molecule has 4 heterocycles. The fraction of sp³-hybridized carbons (Fsp3) is 0.368. The number of rotatable bonds is 0. The van der Waals surface area contributed by atoms with Crippen LogP contribution in [-0.4, -0.2) is 20.3 Å². The topological polar surface area (TPSA) is 104 Å². The van der Waals surface area contributed by atoms with E-state index >= 15 is 0 Å². The second kappa shape index (κ2) is 13.3. The standard InChI is InChI=1S/C7H6N2O.C6H5N3O.2C2H6.2CH4/c1-5-6-3-2-4-8-7(6)10-9-5;7-5-4-2-1-3-8-6(4)10-9-5;2*1-2;;/h2-4H,1H3;1-3H,(H2,7,9);2*1-2H3;2*1H4. The fourth-order valence-electron chi connectivity index (χ4n) is 1.70. The summed E-state index contributed by atoms with van der Waals surface area (Å²) in [5.74, 6) is 0.392. The van der Waals surface area contributed by atoms with E-state index in [0.29, 0.717) is 17.2 Å². The average molecular weight is 361 g/mol. The molecule has 0 spiro atoms. The lowest BCUT2D eigenvalue weighted by Crippen LogP contribution is -1.82. The number of nitrogen functional groups attached to an aromatic ring is 1. The van der Waals surface area contributed by atoms with Crippen LogP contribution in [0.5, 0.6) is 0 Å². The summed E-state index contributed by atoms with van der Waals surface area (Å²) in [6, 6.07) is 7.41. The SMILES string of the molecule is C.C.CC.CC.Cc1noc2ncccc12.Nc1noc2ncccc12. The van der Waals surface area contributed by atoms with Gasteiger partial charge in [0.15, 0.2) is 5.82 Å². The van der Waals surface area contributed by atoms with E-state index in [4.69, 9.17) is 14.8 Å². The number of hydrogen-bond acceptors (Lipinski definition) is 7. The summed E-state index contributed by atoms with van der Waals surface area (Å²) in [7, 11) is 0. The van der Waals surface area contributed by atoms with E-state index in [-0.39, 0.29) is 14.9 Å². The van der Waals surface area contributed by atoms with Crippen molar-refractivity contribution in [2.75, 3.05) is 5.73 Å². The van der Waals surface area contributed by atoms with Gasteiger partial charge in [-0.15, -0.1) is 0 Å². The van der Waals surface area contributed by atoms with Crippen LogP contribution in [0.4, 0.5) is 5.82 Å². The summed E-state index contributed by atoms with van der Waals surface area (Å²) in [4.78, 5) is 7.87. The average Bonchev–Trinajstić information content (AvgIpc) is 3.23. The zero-order valence-electron chi connectivity index (χ0n) is 14.6. The van der Waals surface area contributed by atoms with Crippen molar-refractivity contribution in [3.05, 3.63) is 42.4 Å². The molecule has 26 heavy (non-hydrogen) atoms. The molecule has 0 saturated heterocycles. The third-order valence-electron chi connectivity index (χ3n) is 2.71. The predicted octanol–water partition coefficient (Wildman–Crippen LogP) is 5.66. The summed E-state index contributed by atoms with van der Waals surface area (Å²) in [6.45, 7) is 9.90. The summed E-state index contributed by atoms with van der Waals surface area (Å²) < 4.78 is 9.65. The van der Waals surface area contributed by atoms with Gasteiger partial charge in [0.05, 0.1) is 16.5 Å². The van der Waals surface area contributed by atoms with Crippen molar-refractivity contribution in [2.24, 2.45) is 0 Å². The molecule has 0 aromatic carbocycles. The zero-order chi connectivity index (χ0) is 17.9. The Morgan fingerprint density at radius 1 is 0.769 bits per heavy atom. The maximum Gasteiger partial charge on any atom is 0.259 e. The maximum absolute atomic E-state index is 5.43. The first-order valence-electron chi connectivity index (χ1n) is 7.88. The van der Waals surface area contributed by atoms with Crippen molar-refractivity contribution in [1.29, 1.82) is 0 Å². The number of anilines is 1. The summed E-state index contributed by atoms with van der Waals surface area (Å²) in [5.41, 5.74) is 7.42. The van der Waals surface area contributed by atoms with Gasteiger partial charge in [-0.25, -0.2) is 9.97 Å². The van der Waals surface area contributed by atoms with Crippen LogP contribution in [0.15, 0.2) is 45.7 Å². The normalized spacial score (nSPS) is 8.50. The van der Waals surface area contributed by atoms with Gasteiger partial charge in [0.2, 0.25) is 0 Å². The van der Waals surface area contributed by atoms with Gasteiger partial charge in [-0.3, -0.25) is 0 Å². The highest BCUT2D eigenvalue weighted by atomic mass is 16.5. The van der Waals surface area contributed by atoms with Crippen LogP contribution in [0.2, 0.25) is 0 Å². The van der Waals surface area contributed by atoms with Crippen molar-refractivity contribution in [3.63, 3.8) is 0 Å². The Hall–Kier alpha value is -2.96. The van der Waals surface area contributed by atoms with Gasteiger partial charge in [-0.2, -0.15) is 0 Å². The predicted molar refractivity (Wildman–Crippen MR) is 109 cm³/mol. The molecule has 0 unspecified atom stereocenters. The smallest absolute Gasteiger partial charge is 0.259 e. The minimum Gasteiger partial charge on any atom is -0.380 e. The Kier molecular flexibility index (Phi) is 13.0. The minimum absolute atomic E-state index is 0. The van der Waals surface area contributed by atoms with Crippen LogP contribution < -0.4 is 5.73 Å². The van der Waals surface area contributed by atoms with Gasteiger partial charge in [-0.1, -0.05) is 52.9 Å². The molecule has 4 aromatic heterocycles.